The van der Waals surface area contributed by atoms with Crippen molar-refractivity contribution in [3.05, 3.63) is 52.6 Å². The fraction of sp³-hybridized carbons (Fsp3) is 0.0667. The number of methoxy groups -OCH3 is 1. The van der Waals surface area contributed by atoms with Gasteiger partial charge in [-0.1, -0.05) is 23.3 Å². The second-order valence-electron chi connectivity index (χ2n) is 5.47. The van der Waals surface area contributed by atoms with Gasteiger partial charge in [0, 0.05) is 5.10 Å². The molecule has 0 radical (unpaired) electrons. The summed E-state index contributed by atoms with van der Waals surface area (Å²) in [4.78, 5) is 20.7. The van der Waals surface area contributed by atoms with Gasteiger partial charge in [-0.2, -0.15) is 13.2 Å². The number of nitro benzene ring substituents is 1. The number of nitro groups is 1. The summed E-state index contributed by atoms with van der Waals surface area (Å²) in [6.07, 6.45) is 1.58. The van der Waals surface area contributed by atoms with Crippen LogP contribution in [0.15, 0.2) is 52.5 Å². The van der Waals surface area contributed by atoms with E-state index >= 15 is 0 Å². The Bertz CT molecular complexity index is 1160. The van der Waals surface area contributed by atoms with Gasteiger partial charge in [-0.05, 0) is 22.9 Å². The molecule has 3 rings (SSSR count). The Hall–Kier alpha value is -4.04. The Labute approximate surface area is 168 Å². The van der Waals surface area contributed by atoms with Gasteiger partial charge in [0.2, 0.25) is 0 Å². The molecule has 1 aliphatic heterocycles. The number of para-hydroxylation sites is 1. The van der Waals surface area contributed by atoms with Crippen LogP contribution < -0.4 is 20.7 Å². The molecular weight excluding hydrogens is 424 g/mol. The van der Waals surface area contributed by atoms with Gasteiger partial charge in [0.15, 0.2) is 10.6 Å². The first kappa shape index (κ1) is 22.3. The lowest BCUT2D eigenvalue weighted by molar-refractivity contribution is -0.419. The van der Waals surface area contributed by atoms with E-state index in [0.29, 0.717) is 5.69 Å². The zero-order chi connectivity index (χ0) is 21.2. The normalized spacial score (nSPS) is 12.9. The number of rotatable bonds is 5. The smallest absolute Gasteiger partial charge is 0.453 e. The highest BCUT2D eigenvalue weighted by Crippen LogP contribution is 2.37. The third kappa shape index (κ3) is 4.18. The van der Waals surface area contributed by atoms with E-state index in [1.165, 1.54) is 7.11 Å². The summed E-state index contributed by atoms with van der Waals surface area (Å²) in [5, 5.41) is 18.9. The van der Waals surface area contributed by atoms with Gasteiger partial charge < -0.3 is 10.2 Å². The SMILES string of the molecule is COc1cc([N+](=O)[O-])c(S(=O)(=O)O)cc1N1NN=C(Nc2ccccc2)[N+]1=C=O.[OH-]. The number of hydrogen-bond acceptors (Lipinski definition) is 11. The molecule has 4 N–H and O–H groups in total. The van der Waals surface area contributed by atoms with E-state index in [1.54, 1.807) is 36.4 Å². The lowest BCUT2D eigenvalue weighted by atomic mass is 10.2. The average Bonchev–Trinajstić information content (AvgIpc) is 3.09. The van der Waals surface area contributed by atoms with Gasteiger partial charge >= 0.3 is 22.2 Å². The van der Waals surface area contributed by atoms with Crippen molar-refractivity contribution in [1.82, 2.24) is 5.53 Å². The monoisotopic (exact) mass is 438 g/mol. The summed E-state index contributed by atoms with van der Waals surface area (Å²) in [6, 6.07) is 10.3. The van der Waals surface area contributed by atoms with Crippen LogP contribution in [0.2, 0.25) is 0 Å². The number of nitrogens with one attached hydrogen (secondary N) is 2. The van der Waals surface area contributed by atoms with E-state index in [-0.39, 0.29) is 22.9 Å². The molecule has 0 fully saturated rings. The predicted molar refractivity (Wildman–Crippen MR) is 100 cm³/mol. The largest absolute Gasteiger partial charge is 0.870 e. The Morgan fingerprint density at radius 1 is 1.33 bits per heavy atom. The van der Waals surface area contributed by atoms with Crippen LogP contribution in [0.25, 0.3) is 0 Å². The number of hydrazine groups is 2. The van der Waals surface area contributed by atoms with Gasteiger partial charge in [-0.25, -0.2) is 5.32 Å². The zero-order valence-corrected chi connectivity index (χ0v) is 15.9. The molecule has 2 aromatic carbocycles. The molecule has 0 aromatic heterocycles. The molecule has 158 valence electrons. The average molecular weight is 438 g/mol. The van der Waals surface area contributed by atoms with E-state index in [4.69, 9.17) is 4.74 Å². The van der Waals surface area contributed by atoms with Crippen molar-refractivity contribution in [3.63, 3.8) is 0 Å². The topological polar surface area (TPSA) is 196 Å². The van der Waals surface area contributed by atoms with Crippen molar-refractivity contribution >= 4 is 39.2 Å². The lowest BCUT2D eigenvalue weighted by Crippen LogP contribution is -2.40. The molecule has 0 spiro atoms. The maximum Gasteiger partial charge on any atom is 0.453 e. The number of guanidine groups is 1. The van der Waals surface area contributed by atoms with Crippen molar-refractivity contribution in [1.29, 1.82) is 0 Å². The van der Waals surface area contributed by atoms with Crippen LogP contribution in [-0.2, 0) is 14.9 Å². The fourth-order valence-electron chi connectivity index (χ4n) is 2.48. The van der Waals surface area contributed by atoms with Gasteiger partial charge in [0.1, 0.15) is 5.69 Å². The highest BCUT2D eigenvalue weighted by Gasteiger charge is 2.37. The molecule has 1 aliphatic rings. The number of hydrogen-bond donors (Lipinski definition) is 3. The van der Waals surface area contributed by atoms with Gasteiger partial charge in [0.25, 0.3) is 5.69 Å². The fourth-order valence-corrected chi connectivity index (χ4v) is 3.13. The van der Waals surface area contributed by atoms with Crippen molar-refractivity contribution in [2.75, 3.05) is 17.5 Å². The number of ether oxygens (including phenoxy) is 1. The van der Waals surface area contributed by atoms with Crippen molar-refractivity contribution < 1.29 is 37.6 Å². The first-order valence-electron chi connectivity index (χ1n) is 7.73. The molecule has 0 unspecified atom stereocenters. The first-order valence-corrected chi connectivity index (χ1v) is 9.17. The molecule has 2 aromatic rings. The molecule has 0 saturated carbocycles. The van der Waals surface area contributed by atoms with Crippen molar-refractivity contribution in [2.45, 2.75) is 4.90 Å². The first-order chi connectivity index (χ1) is 13.8. The maximum absolute atomic E-state index is 11.6. The molecular formula is C15H14N6O8S. The minimum atomic E-state index is -4.96. The lowest BCUT2D eigenvalue weighted by Gasteiger charge is -2.17. The Balaban J connectivity index is 0.00000320. The highest BCUT2D eigenvalue weighted by molar-refractivity contribution is 7.86. The number of benzene rings is 2. The third-order valence-corrected chi connectivity index (χ3v) is 4.61. The summed E-state index contributed by atoms with van der Waals surface area (Å²) >= 11 is 0. The Kier molecular flexibility index (Phi) is 6.33. The number of anilines is 2. The molecule has 14 nitrogen and oxygen atoms in total. The van der Waals surface area contributed by atoms with Crippen LogP contribution in [0.4, 0.5) is 17.1 Å². The van der Waals surface area contributed by atoms with Gasteiger partial charge in [0.05, 0.1) is 23.8 Å². The third-order valence-electron chi connectivity index (χ3n) is 3.73. The van der Waals surface area contributed by atoms with E-state index in [2.05, 4.69) is 16.0 Å². The molecule has 0 atom stereocenters. The minimum Gasteiger partial charge on any atom is -0.870 e. The van der Waals surface area contributed by atoms with Crippen LogP contribution in [0.3, 0.4) is 0 Å². The second-order valence-corrected chi connectivity index (χ2v) is 6.86. The summed E-state index contributed by atoms with van der Waals surface area (Å²) < 4.78 is 38.5. The quantitative estimate of drug-likeness (QED) is 0.195. The van der Waals surface area contributed by atoms with Crippen LogP contribution in [0, 0.1) is 10.1 Å². The molecule has 1 heterocycles. The molecule has 0 saturated heterocycles. The molecule has 0 amide bonds. The maximum atomic E-state index is 11.6. The van der Waals surface area contributed by atoms with Crippen LogP contribution >= 0.6 is 0 Å². The van der Waals surface area contributed by atoms with Crippen LogP contribution in [0.5, 0.6) is 5.75 Å². The number of nitrogens with zero attached hydrogens (tertiary/aromatic N) is 4. The van der Waals surface area contributed by atoms with Crippen molar-refractivity contribution in [2.24, 2.45) is 5.10 Å². The second kappa shape index (κ2) is 8.54. The Morgan fingerprint density at radius 2 is 2.00 bits per heavy atom. The van der Waals surface area contributed by atoms with Gasteiger partial charge in [-0.3, -0.25) is 14.7 Å². The van der Waals surface area contributed by atoms with Crippen LogP contribution in [-0.4, -0.2) is 47.2 Å². The Morgan fingerprint density at radius 3 is 2.53 bits per heavy atom. The molecule has 15 heteroatoms. The number of hydrazone groups is 2. The van der Waals surface area contributed by atoms with E-state index < -0.39 is 25.6 Å². The zero-order valence-electron chi connectivity index (χ0n) is 15.1. The highest BCUT2D eigenvalue weighted by atomic mass is 32.2. The molecule has 0 aliphatic carbocycles. The minimum absolute atomic E-state index is 0. The standard InChI is InChI=1S/C15H12N6O7S.H2O/c1-28-13-7-12(21(23)24)14(29(25,26)27)8-11(13)20-18-17-15(19(20)9-22)16-10-5-3-2-4-6-10;/h2-8,18H,1H3,(H-,16,17,25,26,27);1H2. The van der Waals surface area contributed by atoms with E-state index in [9.17, 15) is 27.9 Å². The summed E-state index contributed by atoms with van der Waals surface area (Å²) in [5.41, 5.74) is 1.96. The molecule has 0 bridgehead atoms. The van der Waals surface area contributed by atoms with E-state index in [1.807, 2.05) is 0 Å². The summed E-state index contributed by atoms with van der Waals surface area (Å²) in [5.74, 6) is -0.201. The predicted octanol–water partition coefficient (Wildman–Crippen LogP) is 0.644. The molecule has 30 heavy (non-hydrogen) atoms. The van der Waals surface area contributed by atoms with Crippen molar-refractivity contribution in [3.8, 4) is 5.75 Å². The van der Waals surface area contributed by atoms with Crippen LogP contribution in [0.1, 0.15) is 0 Å². The van der Waals surface area contributed by atoms with Gasteiger partial charge in [-0.15, -0.1) is 5.53 Å². The number of isocyanates is 1. The number of carbonyl (C=O) groups excluding carboxylic acids is 1. The summed E-state index contributed by atoms with van der Waals surface area (Å²) in [7, 11) is -3.78. The summed E-state index contributed by atoms with van der Waals surface area (Å²) in [6.45, 7) is 0. The van der Waals surface area contributed by atoms with E-state index in [0.717, 1.165) is 21.9 Å².